The lowest BCUT2D eigenvalue weighted by molar-refractivity contribution is 0.490. The highest BCUT2D eigenvalue weighted by molar-refractivity contribution is 6.07. The molecule has 286 valence electrons. The number of aromatic nitrogens is 2. The molecule has 0 spiro atoms. The van der Waals surface area contributed by atoms with Crippen LogP contribution in [0.25, 0.3) is 89.0 Å². The fourth-order valence-electron chi connectivity index (χ4n) is 11.0. The van der Waals surface area contributed by atoms with Crippen LogP contribution >= 0.6 is 0 Å². The average Bonchev–Trinajstić information content (AvgIpc) is 3.92. The van der Waals surface area contributed by atoms with Crippen molar-refractivity contribution < 1.29 is 4.42 Å². The highest BCUT2D eigenvalue weighted by Crippen LogP contribution is 2.55. The van der Waals surface area contributed by atoms with Crippen molar-refractivity contribution in [1.29, 1.82) is 0 Å². The standard InChI is InChI=1S/C56H46N2O/c1-5-55(6-2)47-21-11-9-19-42(47)44-26-23-39(32-49(44)55)36-16-13-15-35(29-36)38-25-28-51-46(31-38)53-54(59-51)52(57-34-58-53)41-18-14-17-37(30-41)40-24-27-45-43-20-10-12-22-48(43)56(7-3,8-4)50(45)33-40/h9-34H,5-8H2,1-4H3. The Hall–Kier alpha value is -6.58. The quantitative estimate of drug-likeness (QED) is 0.155. The van der Waals surface area contributed by atoms with Gasteiger partial charge < -0.3 is 4.42 Å². The van der Waals surface area contributed by atoms with Crippen LogP contribution in [0.2, 0.25) is 0 Å². The molecule has 2 aliphatic rings. The van der Waals surface area contributed by atoms with E-state index in [2.05, 4.69) is 179 Å². The van der Waals surface area contributed by atoms with E-state index in [1.807, 2.05) is 0 Å². The summed E-state index contributed by atoms with van der Waals surface area (Å²) in [6.45, 7) is 9.32. The molecule has 0 saturated carbocycles. The fraction of sp³-hybridized carbons (Fsp3) is 0.179. The van der Waals surface area contributed by atoms with Gasteiger partial charge in [0.25, 0.3) is 0 Å². The Labute approximate surface area is 346 Å². The molecule has 0 aliphatic heterocycles. The van der Waals surface area contributed by atoms with E-state index in [4.69, 9.17) is 14.4 Å². The molecule has 59 heavy (non-hydrogen) atoms. The number of hydrogen-bond donors (Lipinski definition) is 0. The van der Waals surface area contributed by atoms with E-state index in [-0.39, 0.29) is 10.8 Å². The molecule has 7 aromatic carbocycles. The fourth-order valence-corrected chi connectivity index (χ4v) is 11.0. The summed E-state index contributed by atoms with van der Waals surface area (Å²) in [4.78, 5) is 9.63. The van der Waals surface area contributed by atoms with Crippen LogP contribution in [0.5, 0.6) is 0 Å². The van der Waals surface area contributed by atoms with E-state index in [1.165, 1.54) is 61.2 Å². The van der Waals surface area contributed by atoms with Gasteiger partial charge in [-0.3, -0.25) is 0 Å². The Balaban J connectivity index is 0.947. The van der Waals surface area contributed by atoms with E-state index in [1.54, 1.807) is 6.33 Å². The van der Waals surface area contributed by atoms with Crippen LogP contribution in [0, 0.1) is 0 Å². The average molecular weight is 763 g/mol. The van der Waals surface area contributed by atoms with Crippen molar-refractivity contribution in [2.24, 2.45) is 0 Å². The van der Waals surface area contributed by atoms with Crippen LogP contribution in [-0.4, -0.2) is 9.97 Å². The number of rotatable bonds is 8. The monoisotopic (exact) mass is 762 g/mol. The van der Waals surface area contributed by atoms with Crippen molar-refractivity contribution in [3.05, 3.63) is 180 Å². The number of furan rings is 1. The van der Waals surface area contributed by atoms with Gasteiger partial charge in [-0.25, -0.2) is 9.97 Å². The van der Waals surface area contributed by atoms with Crippen LogP contribution in [0.4, 0.5) is 0 Å². The number of hydrogen-bond acceptors (Lipinski definition) is 3. The van der Waals surface area contributed by atoms with E-state index < -0.39 is 0 Å². The molecule has 9 aromatic rings. The van der Waals surface area contributed by atoms with E-state index in [0.29, 0.717) is 5.58 Å². The Morgan fingerprint density at radius 1 is 0.407 bits per heavy atom. The van der Waals surface area contributed by atoms with E-state index in [0.717, 1.165) is 70.1 Å². The second-order valence-corrected chi connectivity index (χ2v) is 16.6. The van der Waals surface area contributed by atoms with Gasteiger partial charge in [0.15, 0.2) is 5.58 Å². The Bertz CT molecular complexity index is 3120. The molecular weight excluding hydrogens is 717 g/mol. The maximum Gasteiger partial charge on any atom is 0.180 e. The first-order valence-corrected chi connectivity index (χ1v) is 21.4. The summed E-state index contributed by atoms with van der Waals surface area (Å²) in [5.41, 5.74) is 22.6. The molecule has 0 unspecified atom stereocenters. The van der Waals surface area contributed by atoms with Crippen molar-refractivity contribution in [1.82, 2.24) is 9.97 Å². The lowest BCUT2D eigenvalue weighted by Gasteiger charge is -2.30. The molecule has 0 N–H and O–H groups in total. The first kappa shape index (κ1) is 35.6. The maximum atomic E-state index is 6.61. The van der Waals surface area contributed by atoms with Gasteiger partial charge in [0.05, 0.1) is 0 Å². The summed E-state index contributed by atoms with van der Waals surface area (Å²) in [6, 6.07) is 56.2. The SMILES string of the molecule is CCC1(CC)c2ccccc2-c2ccc(-c3cccc(-c4ccc5oc6c(-c7cccc(-c8ccc9c(c8)C(CC)(CC)c8ccccc8-9)c7)ncnc6c5c4)c3)cc21. The highest BCUT2D eigenvalue weighted by atomic mass is 16.3. The third-order valence-electron chi connectivity index (χ3n) is 14.2. The van der Waals surface area contributed by atoms with Crippen molar-refractivity contribution in [3.8, 4) is 66.9 Å². The minimum absolute atomic E-state index is 0.0258. The molecule has 11 rings (SSSR count). The van der Waals surface area contributed by atoms with Gasteiger partial charge in [-0.05, 0) is 140 Å². The second-order valence-electron chi connectivity index (χ2n) is 16.6. The van der Waals surface area contributed by atoms with Gasteiger partial charge in [-0.15, -0.1) is 0 Å². The van der Waals surface area contributed by atoms with E-state index >= 15 is 0 Å². The van der Waals surface area contributed by atoms with Gasteiger partial charge in [-0.1, -0.05) is 143 Å². The molecule has 3 heteroatoms. The summed E-state index contributed by atoms with van der Waals surface area (Å²) in [7, 11) is 0. The molecule has 0 radical (unpaired) electrons. The third kappa shape index (κ3) is 5.13. The summed E-state index contributed by atoms with van der Waals surface area (Å²) >= 11 is 0. The first-order chi connectivity index (χ1) is 29.0. The minimum Gasteiger partial charge on any atom is -0.452 e. The molecule has 0 atom stereocenters. The minimum atomic E-state index is 0.0258. The normalized spacial score (nSPS) is 14.3. The maximum absolute atomic E-state index is 6.61. The van der Waals surface area contributed by atoms with Crippen molar-refractivity contribution >= 4 is 22.1 Å². The molecule has 0 saturated heterocycles. The number of fused-ring (bicyclic) bond motifs is 9. The predicted octanol–water partition coefficient (Wildman–Crippen LogP) is 15.2. The molecule has 2 aromatic heterocycles. The van der Waals surface area contributed by atoms with Gasteiger partial charge in [0.2, 0.25) is 0 Å². The van der Waals surface area contributed by atoms with Crippen LogP contribution in [0.3, 0.4) is 0 Å². The molecule has 3 nitrogen and oxygen atoms in total. The predicted molar refractivity (Wildman–Crippen MR) is 245 cm³/mol. The smallest absolute Gasteiger partial charge is 0.180 e. The number of nitrogens with zero attached hydrogens (tertiary/aromatic N) is 2. The van der Waals surface area contributed by atoms with Crippen molar-refractivity contribution in [2.75, 3.05) is 0 Å². The second kappa shape index (κ2) is 13.5. The summed E-state index contributed by atoms with van der Waals surface area (Å²) in [5, 5.41) is 0.988. The molecule has 2 aliphatic carbocycles. The first-order valence-electron chi connectivity index (χ1n) is 21.4. The molecular formula is C56H46N2O. The molecule has 0 fully saturated rings. The highest BCUT2D eigenvalue weighted by Gasteiger charge is 2.41. The van der Waals surface area contributed by atoms with Gasteiger partial charge in [-0.2, -0.15) is 0 Å². The van der Waals surface area contributed by atoms with Crippen LogP contribution in [-0.2, 0) is 10.8 Å². The van der Waals surface area contributed by atoms with Crippen molar-refractivity contribution in [3.63, 3.8) is 0 Å². The molecule has 2 heterocycles. The summed E-state index contributed by atoms with van der Waals surface area (Å²) < 4.78 is 6.61. The number of benzene rings is 7. The Morgan fingerprint density at radius 2 is 0.864 bits per heavy atom. The third-order valence-corrected chi connectivity index (χ3v) is 14.2. The van der Waals surface area contributed by atoms with Crippen LogP contribution in [0.15, 0.2) is 162 Å². The van der Waals surface area contributed by atoms with Crippen molar-refractivity contribution in [2.45, 2.75) is 64.2 Å². The van der Waals surface area contributed by atoms with Gasteiger partial charge >= 0.3 is 0 Å². The van der Waals surface area contributed by atoms with Crippen LogP contribution < -0.4 is 0 Å². The van der Waals surface area contributed by atoms with Gasteiger partial charge in [0, 0.05) is 21.8 Å². The molecule has 0 bridgehead atoms. The zero-order chi connectivity index (χ0) is 39.9. The zero-order valence-corrected chi connectivity index (χ0v) is 34.1. The lowest BCUT2D eigenvalue weighted by atomic mass is 9.73. The Morgan fingerprint density at radius 3 is 1.42 bits per heavy atom. The lowest BCUT2D eigenvalue weighted by Crippen LogP contribution is -2.23. The summed E-state index contributed by atoms with van der Waals surface area (Å²) in [6.07, 6.45) is 5.97. The zero-order valence-electron chi connectivity index (χ0n) is 34.1. The largest absolute Gasteiger partial charge is 0.452 e. The Kier molecular flexibility index (Phi) is 8.14. The topological polar surface area (TPSA) is 38.9 Å². The van der Waals surface area contributed by atoms with Crippen LogP contribution in [0.1, 0.15) is 75.6 Å². The summed E-state index contributed by atoms with van der Waals surface area (Å²) in [5.74, 6) is 0. The molecule has 0 amide bonds. The van der Waals surface area contributed by atoms with E-state index in [9.17, 15) is 0 Å². The van der Waals surface area contributed by atoms with Gasteiger partial charge in [0.1, 0.15) is 23.1 Å².